The molecule has 2 amide bonds. The number of urea groups is 1. The molecule has 1 aliphatic rings. The summed E-state index contributed by atoms with van der Waals surface area (Å²) in [7, 11) is 1.60. The van der Waals surface area contributed by atoms with Crippen LogP contribution >= 0.6 is 11.3 Å². The summed E-state index contributed by atoms with van der Waals surface area (Å²) in [4.78, 5) is 31.1. The predicted molar refractivity (Wildman–Crippen MR) is 120 cm³/mol. The van der Waals surface area contributed by atoms with E-state index < -0.39 is 0 Å². The Hall–Kier alpha value is -2.87. The molecule has 4 rings (SSSR count). The molecule has 3 heterocycles. The van der Waals surface area contributed by atoms with Gasteiger partial charge in [-0.2, -0.15) is 0 Å². The number of anilines is 1. The molecule has 2 aromatic heterocycles. The van der Waals surface area contributed by atoms with Crippen LogP contribution in [0.15, 0.2) is 29.1 Å². The van der Waals surface area contributed by atoms with Crippen LogP contribution in [0, 0.1) is 12.8 Å². The SMILES string of the molecule is COc1ccccc1CNC(=O)Nc1sc2nc3n(c(=O)c2c1C)CCC(C)CC3. The molecule has 0 bridgehead atoms. The van der Waals surface area contributed by atoms with Gasteiger partial charge in [0.05, 0.1) is 12.5 Å². The van der Waals surface area contributed by atoms with Crippen molar-refractivity contribution < 1.29 is 9.53 Å². The van der Waals surface area contributed by atoms with Crippen LogP contribution in [0.1, 0.15) is 36.7 Å². The number of fused-ring (bicyclic) bond motifs is 2. The average Bonchev–Trinajstić information content (AvgIpc) is 2.92. The summed E-state index contributed by atoms with van der Waals surface area (Å²) in [6, 6.07) is 7.22. The van der Waals surface area contributed by atoms with E-state index in [1.165, 1.54) is 11.3 Å². The zero-order chi connectivity index (χ0) is 21.3. The molecule has 2 N–H and O–H groups in total. The van der Waals surface area contributed by atoms with Crippen molar-refractivity contribution in [3.63, 3.8) is 0 Å². The summed E-state index contributed by atoms with van der Waals surface area (Å²) < 4.78 is 7.13. The van der Waals surface area contributed by atoms with Gasteiger partial charge in [0.25, 0.3) is 5.56 Å². The van der Waals surface area contributed by atoms with Gasteiger partial charge in [0.15, 0.2) is 0 Å². The lowest BCUT2D eigenvalue weighted by Gasteiger charge is -2.10. The van der Waals surface area contributed by atoms with Gasteiger partial charge in [-0.3, -0.25) is 14.7 Å². The first-order valence-electron chi connectivity index (χ1n) is 10.2. The van der Waals surface area contributed by atoms with Crippen LogP contribution < -0.4 is 20.9 Å². The maximum Gasteiger partial charge on any atom is 0.320 e. The Morgan fingerprint density at radius 3 is 2.93 bits per heavy atom. The molecular formula is C22H26N4O3S. The zero-order valence-corrected chi connectivity index (χ0v) is 18.3. The Bertz CT molecular complexity index is 1150. The van der Waals surface area contributed by atoms with Crippen LogP contribution in [0.3, 0.4) is 0 Å². The van der Waals surface area contributed by atoms with Crippen molar-refractivity contribution in [2.24, 2.45) is 5.92 Å². The minimum Gasteiger partial charge on any atom is -0.496 e. The number of hydrogen-bond donors (Lipinski definition) is 2. The second-order valence-electron chi connectivity index (χ2n) is 7.77. The van der Waals surface area contributed by atoms with Crippen LogP contribution in [0.2, 0.25) is 0 Å². The highest BCUT2D eigenvalue weighted by molar-refractivity contribution is 7.22. The summed E-state index contributed by atoms with van der Waals surface area (Å²) in [6.07, 6.45) is 2.84. The first-order chi connectivity index (χ1) is 14.5. The number of nitrogens with zero attached hydrogens (tertiary/aromatic N) is 2. The zero-order valence-electron chi connectivity index (χ0n) is 17.4. The fourth-order valence-electron chi connectivity index (χ4n) is 3.84. The lowest BCUT2D eigenvalue weighted by molar-refractivity contribution is 0.251. The Labute approximate surface area is 179 Å². The fourth-order valence-corrected chi connectivity index (χ4v) is 4.93. The van der Waals surface area contributed by atoms with E-state index in [1.807, 2.05) is 35.8 Å². The number of para-hydroxylation sites is 1. The first-order valence-corrected chi connectivity index (χ1v) is 11.0. The molecule has 1 atom stereocenters. The monoisotopic (exact) mass is 426 g/mol. The number of thiophene rings is 1. The lowest BCUT2D eigenvalue weighted by atomic mass is 10.0. The van der Waals surface area contributed by atoms with E-state index in [-0.39, 0.29) is 11.6 Å². The van der Waals surface area contributed by atoms with Crippen molar-refractivity contribution in [2.75, 3.05) is 12.4 Å². The average molecular weight is 427 g/mol. The van der Waals surface area contributed by atoms with Gasteiger partial charge in [0.2, 0.25) is 0 Å². The van der Waals surface area contributed by atoms with E-state index in [1.54, 1.807) is 7.11 Å². The third-order valence-corrected chi connectivity index (χ3v) is 6.80. The Kier molecular flexibility index (Phi) is 5.76. The third kappa shape index (κ3) is 3.92. The second-order valence-corrected chi connectivity index (χ2v) is 8.77. The summed E-state index contributed by atoms with van der Waals surface area (Å²) in [5.41, 5.74) is 1.66. The number of benzene rings is 1. The third-order valence-electron chi connectivity index (χ3n) is 5.69. The fraction of sp³-hybridized carbons (Fsp3) is 0.409. The molecule has 0 saturated heterocycles. The van der Waals surface area contributed by atoms with Gasteiger partial charge in [0, 0.05) is 25.1 Å². The molecule has 0 radical (unpaired) electrons. The number of hydrogen-bond acceptors (Lipinski definition) is 5. The van der Waals surface area contributed by atoms with Crippen molar-refractivity contribution in [2.45, 2.75) is 46.2 Å². The molecule has 0 fully saturated rings. The molecule has 1 aliphatic heterocycles. The van der Waals surface area contributed by atoms with E-state index in [0.29, 0.717) is 34.2 Å². The van der Waals surface area contributed by atoms with Gasteiger partial charge in [0.1, 0.15) is 21.4 Å². The summed E-state index contributed by atoms with van der Waals surface area (Å²) >= 11 is 1.36. The molecule has 7 nitrogen and oxygen atoms in total. The second kappa shape index (κ2) is 8.47. The first kappa shape index (κ1) is 20.4. The highest BCUT2D eigenvalue weighted by Gasteiger charge is 2.21. The molecule has 1 aromatic carbocycles. The number of ether oxygens (including phenoxy) is 1. The highest BCUT2D eigenvalue weighted by Crippen LogP contribution is 2.33. The van der Waals surface area contributed by atoms with Gasteiger partial charge in [-0.25, -0.2) is 9.78 Å². The van der Waals surface area contributed by atoms with E-state index >= 15 is 0 Å². The van der Waals surface area contributed by atoms with Crippen molar-refractivity contribution in [1.29, 1.82) is 0 Å². The van der Waals surface area contributed by atoms with E-state index in [0.717, 1.165) is 42.0 Å². The summed E-state index contributed by atoms with van der Waals surface area (Å²) in [5, 5.41) is 7.00. The number of rotatable bonds is 4. The van der Waals surface area contributed by atoms with Gasteiger partial charge in [-0.15, -0.1) is 0 Å². The van der Waals surface area contributed by atoms with Crippen LogP contribution in [0.5, 0.6) is 5.75 Å². The number of amides is 2. The van der Waals surface area contributed by atoms with Crippen molar-refractivity contribution in [1.82, 2.24) is 14.9 Å². The van der Waals surface area contributed by atoms with Gasteiger partial charge >= 0.3 is 6.03 Å². The molecule has 8 heteroatoms. The van der Waals surface area contributed by atoms with Crippen LogP contribution in [0.25, 0.3) is 10.2 Å². The Morgan fingerprint density at radius 2 is 2.13 bits per heavy atom. The van der Waals surface area contributed by atoms with Gasteiger partial charge < -0.3 is 10.1 Å². The molecular weight excluding hydrogens is 400 g/mol. The van der Waals surface area contributed by atoms with E-state index in [4.69, 9.17) is 9.72 Å². The lowest BCUT2D eigenvalue weighted by Crippen LogP contribution is -2.28. The van der Waals surface area contributed by atoms with E-state index in [9.17, 15) is 9.59 Å². The number of aromatic nitrogens is 2. The molecule has 30 heavy (non-hydrogen) atoms. The normalized spacial score (nSPS) is 16.0. The topological polar surface area (TPSA) is 85.2 Å². The smallest absolute Gasteiger partial charge is 0.320 e. The Balaban J connectivity index is 1.55. The number of methoxy groups -OCH3 is 1. The number of carbonyl (C=O) groups excluding carboxylic acids is 1. The molecule has 0 aliphatic carbocycles. The molecule has 158 valence electrons. The van der Waals surface area contributed by atoms with Gasteiger partial charge in [-0.05, 0) is 37.3 Å². The molecule has 0 spiro atoms. The molecule has 3 aromatic rings. The maximum atomic E-state index is 13.1. The number of nitrogens with one attached hydrogen (secondary N) is 2. The van der Waals surface area contributed by atoms with Crippen molar-refractivity contribution in [3.8, 4) is 5.75 Å². The van der Waals surface area contributed by atoms with E-state index in [2.05, 4.69) is 17.6 Å². The minimum absolute atomic E-state index is 0.000306. The van der Waals surface area contributed by atoms with Crippen LogP contribution in [-0.2, 0) is 19.5 Å². The minimum atomic E-state index is -0.328. The highest BCUT2D eigenvalue weighted by atomic mass is 32.1. The predicted octanol–water partition coefficient (Wildman–Crippen LogP) is 4.07. The van der Waals surface area contributed by atoms with Crippen LogP contribution in [0.4, 0.5) is 9.80 Å². The van der Waals surface area contributed by atoms with Crippen molar-refractivity contribution in [3.05, 3.63) is 51.6 Å². The number of aryl methyl sites for hydroxylation is 2. The maximum absolute atomic E-state index is 13.1. The van der Waals surface area contributed by atoms with Crippen LogP contribution in [-0.4, -0.2) is 22.7 Å². The summed E-state index contributed by atoms with van der Waals surface area (Å²) in [5.74, 6) is 2.17. The van der Waals surface area contributed by atoms with Gasteiger partial charge in [-0.1, -0.05) is 36.5 Å². The quantitative estimate of drug-likeness (QED) is 0.659. The largest absolute Gasteiger partial charge is 0.496 e. The Morgan fingerprint density at radius 1 is 1.33 bits per heavy atom. The van der Waals surface area contributed by atoms with Crippen molar-refractivity contribution >= 4 is 32.6 Å². The summed E-state index contributed by atoms with van der Waals surface area (Å²) in [6.45, 7) is 5.13. The number of carbonyl (C=O) groups is 1. The standard InChI is InChI=1S/C22H26N4O3S/c1-13-8-9-17-24-20-18(21(27)26(17)11-10-13)14(2)19(30-20)25-22(28)23-12-15-6-4-5-7-16(15)29-3/h4-7,13H,8-12H2,1-3H3,(H2,23,25,28). The molecule has 1 unspecified atom stereocenters. The molecule has 0 saturated carbocycles.